The number of imide groups is 2. The van der Waals surface area contributed by atoms with Crippen LogP contribution in [0.4, 0.5) is 4.79 Å². The first kappa shape index (κ1) is 12.4. The van der Waals surface area contributed by atoms with Crippen LogP contribution in [-0.2, 0) is 9.59 Å². The van der Waals surface area contributed by atoms with E-state index in [-0.39, 0.29) is 5.92 Å². The number of nitrogens with one attached hydrogen (secondary N) is 2. The van der Waals surface area contributed by atoms with Crippen LogP contribution in [0.1, 0.15) is 27.2 Å². The molecule has 4 amide bonds. The van der Waals surface area contributed by atoms with Crippen molar-refractivity contribution in [2.24, 2.45) is 11.3 Å². The van der Waals surface area contributed by atoms with Gasteiger partial charge in [-0.05, 0) is 19.3 Å². The summed E-state index contributed by atoms with van der Waals surface area (Å²) >= 11 is 0. The Hall–Kier alpha value is -1.65. The van der Waals surface area contributed by atoms with Crippen molar-refractivity contribution in [3.63, 3.8) is 0 Å². The van der Waals surface area contributed by atoms with Crippen LogP contribution in [0.15, 0.2) is 12.2 Å². The quantitative estimate of drug-likeness (QED) is 0.554. The molecule has 0 spiro atoms. The molecule has 0 aromatic rings. The molecule has 88 valence electrons. The maximum atomic E-state index is 11.9. The molecule has 2 N–H and O–H groups in total. The van der Waals surface area contributed by atoms with Gasteiger partial charge in [-0.25, -0.2) is 4.79 Å². The number of carbonyl (C=O) groups is 3. The lowest BCUT2D eigenvalue weighted by molar-refractivity contribution is -0.147. The van der Waals surface area contributed by atoms with E-state index in [9.17, 15) is 14.4 Å². The van der Waals surface area contributed by atoms with E-state index in [0.717, 1.165) is 0 Å². The molecule has 0 saturated carbocycles. The predicted molar refractivity (Wildman–Crippen MR) is 58.4 cm³/mol. The van der Waals surface area contributed by atoms with Crippen LogP contribution in [0, 0.1) is 11.3 Å². The van der Waals surface area contributed by atoms with Crippen molar-refractivity contribution in [3.05, 3.63) is 12.2 Å². The minimum Gasteiger partial charge on any atom is -0.277 e. The van der Waals surface area contributed by atoms with Crippen molar-refractivity contribution in [2.75, 3.05) is 0 Å². The molecular weight excluding hydrogens is 208 g/mol. The molecule has 1 aliphatic heterocycles. The summed E-state index contributed by atoms with van der Waals surface area (Å²) in [6.45, 7) is 5.37. The fourth-order valence-electron chi connectivity index (χ4n) is 2.07. The second kappa shape index (κ2) is 4.47. The van der Waals surface area contributed by atoms with Gasteiger partial charge >= 0.3 is 6.03 Å². The highest BCUT2D eigenvalue weighted by atomic mass is 16.2. The number of hydrogen-bond donors (Lipinski definition) is 2. The third-order valence-electron chi connectivity index (χ3n) is 3.08. The molecule has 1 saturated heterocycles. The minimum atomic E-state index is -1.18. The third kappa shape index (κ3) is 1.73. The molecule has 0 aromatic carbocycles. The lowest BCUT2D eigenvalue weighted by Gasteiger charge is -2.36. The van der Waals surface area contributed by atoms with Gasteiger partial charge in [0.05, 0.1) is 0 Å². The van der Waals surface area contributed by atoms with Crippen LogP contribution < -0.4 is 10.6 Å². The number of rotatable bonds is 3. The van der Waals surface area contributed by atoms with Gasteiger partial charge in [0.2, 0.25) is 11.8 Å². The van der Waals surface area contributed by atoms with Gasteiger partial charge in [-0.15, -0.1) is 0 Å². The lowest BCUT2D eigenvalue weighted by atomic mass is 9.71. The Labute approximate surface area is 94.3 Å². The molecule has 0 bridgehead atoms. The zero-order valence-electron chi connectivity index (χ0n) is 9.66. The molecule has 0 radical (unpaired) electrons. The second-order valence-corrected chi connectivity index (χ2v) is 3.88. The molecule has 0 aliphatic carbocycles. The molecule has 1 rings (SSSR count). The highest BCUT2D eigenvalue weighted by molar-refractivity contribution is 6.19. The van der Waals surface area contributed by atoms with E-state index in [4.69, 9.17) is 0 Å². The van der Waals surface area contributed by atoms with Crippen molar-refractivity contribution in [1.29, 1.82) is 0 Å². The SMILES string of the molecule is C/C=C\[C@H](C)C1(CC)C(=O)NC(=O)NC1=O. The molecule has 5 heteroatoms. The largest absolute Gasteiger partial charge is 0.328 e. The zero-order chi connectivity index (χ0) is 12.3. The van der Waals surface area contributed by atoms with Crippen LogP contribution in [-0.4, -0.2) is 17.8 Å². The summed E-state index contributed by atoms with van der Waals surface area (Å²) in [6.07, 6.45) is 3.93. The molecule has 0 aromatic heterocycles. The van der Waals surface area contributed by atoms with Crippen molar-refractivity contribution in [1.82, 2.24) is 10.6 Å². The van der Waals surface area contributed by atoms with Crippen LogP contribution >= 0.6 is 0 Å². The standard InChI is InChI=1S/C11H16N2O3/c1-4-6-7(3)11(5-2)8(14)12-10(16)13-9(11)15/h4,6-7H,5H2,1-3H3,(H2,12,13,14,15,16)/b6-4-/t7-/m0/s1. The number of carbonyl (C=O) groups excluding carboxylic acids is 3. The summed E-state index contributed by atoms with van der Waals surface area (Å²) in [6, 6.07) is -0.744. The van der Waals surface area contributed by atoms with E-state index in [1.807, 2.05) is 6.92 Å². The average molecular weight is 224 g/mol. The smallest absolute Gasteiger partial charge is 0.277 e. The first-order valence-electron chi connectivity index (χ1n) is 5.28. The number of amides is 4. The van der Waals surface area contributed by atoms with Crippen molar-refractivity contribution < 1.29 is 14.4 Å². The van der Waals surface area contributed by atoms with Gasteiger partial charge in [0, 0.05) is 0 Å². The summed E-state index contributed by atoms with van der Waals surface area (Å²) in [5.41, 5.74) is -1.18. The van der Waals surface area contributed by atoms with Gasteiger partial charge in [-0.2, -0.15) is 0 Å². The van der Waals surface area contributed by atoms with E-state index >= 15 is 0 Å². The van der Waals surface area contributed by atoms with Gasteiger partial charge in [0.15, 0.2) is 0 Å². The second-order valence-electron chi connectivity index (χ2n) is 3.88. The first-order chi connectivity index (χ1) is 7.48. The summed E-state index contributed by atoms with van der Waals surface area (Å²) in [5, 5.41) is 4.29. The van der Waals surface area contributed by atoms with E-state index in [1.165, 1.54) is 0 Å². The Kier molecular flexibility index (Phi) is 3.47. The van der Waals surface area contributed by atoms with Crippen LogP contribution in [0.3, 0.4) is 0 Å². The molecule has 1 atom stereocenters. The fraction of sp³-hybridized carbons (Fsp3) is 0.545. The topological polar surface area (TPSA) is 75.3 Å². The summed E-state index contributed by atoms with van der Waals surface area (Å²) < 4.78 is 0. The van der Waals surface area contributed by atoms with E-state index < -0.39 is 23.3 Å². The van der Waals surface area contributed by atoms with E-state index in [2.05, 4.69) is 10.6 Å². The van der Waals surface area contributed by atoms with Crippen molar-refractivity contribution in [3.8, 4) is 0 Å². The van der Waals surface area contributed by atoms with Crippen molar-refractivity contribution in [2.45, 2.75) is 27.2 Å². The van der Waals surface area contributed by atoms with Gasteiger partial charge in [-0.3, -0.25) is 20.2 Å². The highest BCUT2D eigenvalue weighted by Crippen LogP contribution is 2.34. The van der Waals surface area contributed by atoms with Gasteiger partial charge in [0.1, 0.15) is 5.41 Å². The number of allylic oxidation sites excluding steroid dienone is 2. The maximum absolute atomic E-state index is 11.9. The molecule has 0 unspecified atom stereocenters. The van der Waals surface area contributed by atoms with Crippen LogP contribution in [0.25, 0.3) is 0 Å². The lowest BCUT2D eigenvalue weighted by Crippen LogP contribution is -2.64. The molecule has 16 heavy (non-hydrogen) atoms. The maximum Gasteiger partial charge on any atom is 0.328 e. The summed E-state index contributed by atoms with van der Waals surface area (Å²) in [5.74, 6) is -1.29. The van der Waals surface area contributed by atoms with Crippen LogP contribution in [0.2, 0.25) is 0 Å². The molecule has 1 heterocycles. The zero-order valence-corrected chi connectivity index (χ0v) is 9.66. The molecule has 5 nitrogen and oxygen atoms in total. The van der Waals surface area contributed by atoms with Crippen LogP contribution in [0.5, 0.6) is 0 Å². The predicted octanol–water partition coefficient (Wildman–Crippen LogP) is 0.961. The Bertz CT molecular complexity index is 340. The monoisotopic (exact) mass is 224 g/mol. The normalized spacial score (nSPS) is 21.8. The van der Waals surface area contributed by atoms with Crippen molar-refractivity contribution >= 4 is 17.8 Å². The Balaban J connectivity index is 3.15. The minimum absolute atomic E-state index is 0.254. The Morgan fingerprint density at radius 2 is 1.75 bits per heavy atom. The Morgan fingerprint density at radius 3 is 2.12 bits per heavy atom. The van der Waals surface area contributed by atoms with Gasteiger partial charge in [-0.1, -0.05) is 26.0 Å². The summed E-state index contributed by atoms with van der Waals surface area (Å²) in [7, 11) is 0. The van der Waals surface area contributed by atoms with E-state index in [1.54, 1.807) is 26.0 Å². The number of urea groups is 1. The Morgan fingerprint density at radius 1 is 1.25 bits per heavy atom. The summed E-state index contributed by atoms with van der Waals surface area (Å²) in [4.78, 5) is 34.7. The molecule has 1 aliphatic rings. The molecule has 1 fully saturated rings. The first-order valence-corrected chi connectivity index (χ1v) is 5.28. The average Bonchev–Trinajstić information content (AvgIpc) is 2.18. The fourth-order valence-corrected chi connectivity index (χ4v) is 2.07. The van der Waals surface area contributed by atoms with E-state index in [0.29, 0.717) is 6.42 Å². The number of hydrogen-bond acceptors (Lipinski definition) is 3. The van der Waals surface area contributed by atoms with Gasteiger partial charge < -0.3 is 0 Å². The number of barbiturate groups is 1. The van der Waals surface area contributed by atoms with Gasteiger partial charge in [0.25, 0.3) is 0 Å². The highest BCUT2D eigenvalue weighted by Gasteiger charge is 2.51. The molecular formula is C11H16N2O3. The third-order valence-corrected chi connectivity index (χ3v) is 3.08.